The van der Waals surface area contributed by atoms with Crippen LogP contribution in [0.2, 0.25) is 0 Å². The minimum Gasteiger partial charge on any atom is -0.378 e. The number of rotatable bonds is 4. The highest BCUT2D eigenvalue weighted by molar-refractivity contribution is 9.11. The molecular weight excluding hydrogens is 404 g/mol. The molecule has 1 aliphatic heterocycles. The third kappa shape index (κ3) is 5.01. The predicted octanol–water partition coefficient (Wildman–Crippen LogP) is 3.63. The number of anilines is 1. The fourth-order valence-electron chi connectivity index (χ4n) is 2.40. The molecule has 1 fully saturated rings. The molecule has 5 nitrogen and oxygen atoms in total. The van der Waals surface area contributed by atoms with Gasteiger partial charge >= 0.3 is 0 Å². The molecule has 2 heterocycles. The fraction of sp³-hybridized carbons (Fsp3) is 0.222. The first-order valence-electron chi connectivity index (χ1n) is 7.83. The molecule has 1 aliphatic rings. The maximum Gasteiger partial charge on any atom is 0.254 e. The van der Waals surface area contributed by atoms with Crippen molar-refractivity contribution in [2.45, 2.75) is 0 Å². The number of ether oxygens (including phenoxy) is 1. The van der Waals surface area contributed by atoms with Gasteiger partial charge in [-0.3, -0.25) is 9.59 Å². The second-order valence-electron chi connectivity index (χ2n) is 5.45. The van der Waals surface area contributed by atoms with Crippen LogP contribution in [0.25, 0.3) is 6.08 Å². The van der Waals surface area contributed by atoms with Crippen molar-refractivity contribution in [3.63, 3.8) is 0 Å². The van der Waals surface area contributed by atoms with Gasteiger partial charge in [-0.15, -0.1) is 11.3 Å². The van der Waals surface area contributed by atoms with Gasteiger partial charge in [-0.25, -0.2) is 0 Å². The SMILES string of the molecule is O=C(/C=C/c1ccc(Br)s1)Nc1ccc(C(=O)N2CCOCC2)cc1. The monoisotopic (exact) mass is 420 g/mol. The van der Waals surface area contributed by atoms with Gasteiger partial charge in [0, 0.05) is 35.3 Å². The number of morpholine rings is 1. The van der Waals surface area contributed by atoms with Crippen molar-refractivity contribution in [2.75, 3.05) is 31.6 Å². The van der Waals surface area contributed by atoms with E-state index in [2.05, 4.69) is 21.2 Å². The summed E-state index contributed by atoms with van der Waals surface area (Å²) >= 11 is 4.94. The average molecular weight is 421 g/mol. The van der Waals surface area contributed by atoms with Gasteiger partial charge in [-0.2, -0.15) is 0 Å². The Labute approximate surface area is 158 Å². The van der Waals surface area contributed by atoms with Crippen LogP contribution >= 0.6 is 27.3 Å². The summed E-state index contributed by atoms with van der Waals surface area (Å²) in [5, 5.41) is 2.79. The van der Waals surface area contributed by atoms with E-state index < -0.39 is 0 Å². The molecule has 1 aromatic heterocycles. The van der Waals surface area contributed by atoms with Gasteiger partial charge in [0.15, 0.2) is 0 Å². The minimum absolute atomic E-state index is 0.00987. The zero-order valence-corrected chi connectivity index (χ0v) is 15.8. The number of carbonyl (C=O) groups is 2. The van der Waals surface area contributed by atoms with E-state index in [1.165, 1.54) is 6.08 Å². The third-order valence-corrected chi connectivity index (χ3v) is 5.28. The highest BCUT2D eigenvalue weighted by atomic mass is 79.9. The van der Waals surface area contributed by atoms with Crippen molar-refractivity contribution >= 4 is 50.8 Å². The molecule has 25 heavy (non-hydrogen) atoms. The van der Waals surface area contributed by atoms with Gasteiger partial charge in [0.1, 0.15) is 0 Å². The van der Waals surface area contributed by atoms with E-state index in [1.54, 1.807) is 46.6 Å². The summed E-state index contributed by atoms with van der Waals surface area (Å²) < 4.78 is 6.28. The molecule has 7 heteroatoms. The van der Waals surface area contributed by atoms with Crippen LogP contribution in [0.15, 0.2) is 46.3 Å². The summed E-state index contributed by atoms with van der Waals surface area (Å²) in [7, 11) is 0. The number of amides is 2. The number of benzene rings is 1. The van der Waals surface area contributed by atoms with Crippen molar-refractivity contribution in [1.82, 2.24) is 4.90 Å². The molecule has 130 valence electrons. The van der Waals surface area contributed by atoms with Crippen LogP contribution in [0, 0.1) is 0 Å². The van der Waals surface area contributed by atoms with Gasteiger partial charge in [0.25, 0.3) is 5.91 Å². The standard InChI is InChI=1S/C18H17BrN2O3S/c19-16-7-5-15(25-16)6-8-17(22)20-14-3-1-13(2-4-14)18(23)21-9-11-24-12-10-21/h1-8H,9-12H2,(H,20,22)/b8-6+. The predicted molar refractivity (Wildman–Crippen MR) is 103 cm³/mol. The van der Waals surface area contributed by atoms with Crippen molar-refractivity contribution in [3.8, 4) is 0 Å². The molecule has 1 aromatic carbocycles. The molecule has 0 aliphatic carbocycles. The highest BCUT2D eigenvalue weighted by Gasteiger charge is 2.18. The number of halogens is 1. The van der Waals surface area contributed by atoms with E-state index >= 15 is 0 Å². The molecule has 0 atom stereocenters. The number of carbonyl (C=O) groups excluding carboxylic acids is 2. The van der Waals surface area contributed by atoms with Crippen LogP contribution in [0.5, 0.6) is 0 Å². The molecule has 0 saturated carbocycles. The Morgan fingerprint density at radius 2 is 1.84 bits per heavy atom. The summed E-state index contributed by atoms with van der Waals surface area (Å²) in [5.41, 5.74) is 1.26. The first kappa shape index (κ1) is 17.8. The van der Waals surface area contributed by atoms with Gasteiger partial charge < -0.3 is 15.0 Å². The molecular formula is C18H17BrN2O3S. The molecule has 0 unspecified atom stereocenters. The topological polar surface area (TPSA) is 58.6 Å². The lowest BCUT2D eigenvalue weighted by molar-refractivity contribution is -0.111. The average Bonchev–Trinajstić information content (AvgIpc) is 3.06. The van der Waals surface area contributed by atoms with E-state index in [-0.39, 0.29) is 11.8 Å². The zero-order chi connectivity index (χ0) is 17.6. The van der Waals surface area contributed by atoms with Crippen LogP contribution in [0.3, 0.4) is 0 Å². The maximum atomic E-state index is 12.4. The van der Waals surface area contributed by atoms with Crippen LogP contribution in [0.4, 0.5) is 5.69 Å². The van der Waals surface area contributed by atoms with Crippen LogP contribution in [-0.4, -0.2) is 43.0 Å². The van der Waals surface area contributed by atoms with E-state index in [4.69, 9.17) is 4.74 Å². The van der Waals surface area contributed by atoms with Crippen molar-refractivity contribution in [1.29, 1.82) is 0 Å². The fourth-order valence-corrected chi connectivity index (χ4v) is 3.73. The van der Waals surface area contributed by atoms with Crippen LogP contribution < -0.4 is 5.32 Å². The molecule has 2 amide bonds. The van der Waals surface area contributed by atoms with E-state index in [1.807, 2.05) is 12.1 Å². The smallest absolute Gasteiger partial charge is 0.254 e. The van der Waals surface area contributed by atoms with Crippen molar-refractivity contribution < 1.29 is 14.3 Å². The second kappa shape index (κ2) is 8.42. The Morgan fingerprint density at radius 3 is 2.48 bits per heavy atom. The Bertz CT molecular complexity index is 780. The number of hydrogen-bond donors (Lipinski definition) is 1. The van der Waals surface area contributed by atoms with Crippen LogP contribution in [-0.2, 0) is 9.53 Å². The number of nitrogens with zero attached hydrogens (tertiary/aromatic N) is 1. The van der Waals surface area contributed by atoms with Gasteiger partial charge in [0.2, 0.25) is 5.91 Å². The largest absolute Gasteiger partial charge is 0.378 e. The van der Waals surface area contributed by atoms with E-state index in [9.17, 15) is 9.59 Å². The van der Waals surface area contributed by atoms with Gasteiger partial charge in [0.05, 0.1) is 17.0 Å². The van der Waals surface area contributed by atoms with Gasteiger partial charge in [-0.1, -0.05) is 0 Å². The first-order chi connectivity index (χ1) is 12.1. The summed E-state index contributed by atoms with van der Waals surface area (Å²) in [6.45, 7) is 2.38. The maximum absolute atomic E-state index is 12.4. The summed E-state index contributed by atoms with van der Waals surface area (Å²) in [6, 6.07) is 10.8. The Kier molecular flexibility index (Phi) is 6.01. The summed E-state index contributed by atoms with van der Waals surface area (Å²) in [5.74, 6) is -0.221. The first-order valence-corrected chi connectivity index (χ1v) is 9.44. The normalized spacial score (nSPS) is 14.7. The van der Waals surface area contributed by atoms with Gasteiger partial charge in [-0.05, 0) is 58.4 Å². The second-order valence-corrected chi connectivity index (χ2v) is 7.94. The van der Waals surface area contributed by atoms with E-state index in [0.29, 0.717) is 37.6 Å². The molecule has 0 bridgehead atoms. The number of nitrogens with one attached hydrogen (secondary N) is 1. The van der Waals surface area contributed by atoms with E-state index in [0.717, 1.165) is 8.66 Å². The lowest BCUT2D eigenvalue weighted by atomic mass is 10.1. The lowest BCUT2D eigenvalue weighted by Gasteiger charge is -2.26. The van der Waals surface area contributed by atoms with Crippen LogP contribution in [0.1, 0.15) is 15.2 Å². The molecule has 2 aromatic rings. The third-order valence-electron chi connectivity index (χ3n) is 3.69. The Hall–Kier alpha value is -1.96. The molecule has 1 N–H and O–H groups in total. The molecule has 3 rings (SSSR count). The summed E-state index contributed by atoms with van der Waals surface area (Å²) in [4.78, 5) is 27.1. The highest BCUT2D eigenvalue weighted by Crippen LogP contribution is 2.23. The summed E-state index contributed by atoms with van der Waals surface area (Å²) in [6.07, 6.45) is 3.26. The lowest BCUT2D eigenvalue weighted by Crippen LogP contribution is -2.40. The zero-order valence-electron chi connectivity index (χ0n) is 13.4. The van der Waals surface area contributed by atoms with Crippen molar-refractivity contribution in [2.24, 2.45) is 0 Å². The Balaban J connectivity index is 1.57. The number of hydrogen-bond acceptors (Lipinski definition) is 4. The Morgan fingerprint density at radius 1 is 1.12 bits per heavy atom. The molecule has 0 spiro atoms. The number of thiophene rings is 1. The molecule has 1 saturated heterocycles. The van der Waals surface area contributed by atoms with Crippen molar-refractivity contribution in [3.05, 3.63) is 56.7 Å². The molecule has 0 radical (unpaired) electrons. The minimum atomic E-state index is -0.211. The quantitative estimate of drug-likeness (QED) is 0.768.